The molecule has 1 N–H and O–H groups in total. The van der Waals surface area contributed by atoms with Crippen molar-refractivity contribution in [2.24, 2.45) is 5.41 Å². The molecule has 2 rings (SSSR count). The van der Waals surface area contributed by atoms with Gasteiger partial charge in [0.1, 0.15) is 12.6 Å². The molecule has 1 amide bonds. The minimum absolute atomic E-state index is 0.0893. The van der Waals surface area contributed by atoms with Crippen molar-refractivity contribution in [3.8, 4) is 0 Å². The van der Waals surface area contributed by atoms with Gasteiger partial charge >= 0.3 is 10.8 Å². The van der Waals surface area contributed by atoms with Gasteiger partial charge < -0.3 is 10.0 Å². The predicted octanol–water partition coefficient (Wildman–Crippen LogP) is 1.32. The van der Waals surface area contributed by atoms with Gasteiger partial charge in [0, 0.05) is 17.6 Å². The third kappa shape index (κ3) is 3.02. The number of amides is 1. The van der Waals surface area contributed by atoms with Crippen molar-refractivity contribution in [3.05, 3.63) is 20.7 Å². The number of carbonyl (C=O) groups is 2. The van der Waals surface area contributed by atoms with E-state index in [0.717, 1.165) is 29.9 Å². The lowest BCUT2D eigenvalue weighted by molar-refractivity contribution is -0.159. The van der Waals surface area contributed by atoms with Crippen LogP contribution in [0.2, 0.25) is 0 Å². The van der Waals surface area contributed by atoms with Gasteiger partial charge in [0.25, 0.3) is 0 Å². The Hall–Kier alpha value is -1.63. The normalized spacial score (nSPS) is 21.3. The summed E-state index contributed by atoms with van der Waals surface area (Å²) in [4.78, 5) is 37.0. The molecule has 0 bridgehead atoms. The van der Waals surface area contributed by atoms with Crippen LogP contribution in [0.4, 0.5) is 0 Å². The number of thiazole rings is 1. The Bertz CT molecular complexity index is 617. The number of rotatable bonds is 3. The molecule has 0 aliphatic carbocycles. The molecular formula is C14H20N2O4S. The van der Waals surface area contributed by atoms with Crippen molar-refractivity contribution in [1.29, 1.82) is 0 Å². The first-order valence-electron chi connectivity index (χ1n) is 6.91. The first kappa shape index (κ1) is 15.8. The summed E-state index contributed by atoms with van der Waals surface area (Å²) in [6.07, 6.45) is 1.55. The number of carbonyl (C=O) groups excluding carboxylic acids is 1. The Morgan fingerprint density at radius 2 is 2.14 bits per heavy atom. The van der Waals surface area contributed by atoms with Crippen LogP contribution in [0, 0.1) is 12.3 Å². The van der Waals surface area contributed by atoms with Crippen LogP contribution in [-0.4, -0.2) is 39.0 Å². The van der Waals surface area contributed by atoms with Gasteiger partial charge in [-0.15, -0.1) is 0 Å². The molecule has 21 heavy (non-hydrogen) atoms. The van der Waals surface area contributed by atoms with E-state index in [4.69, 9.17) is 0 Å². The molecule has 116 valence electrons. The highest BCUT2D eigenvalue weighted by atomic mass is 32.1. The number of aryl methyl sites for hydroxylation is 1. The lowest BCUT2D eigenvalue weighted by atomic mass is 9.76. The molecule has 1 unspecified atom stereocenters. The molecule has 1 aromatic heterocycles. The van der Waals surface area contributed by atoms with Crippen LogP contribution >= 0.6 is 11.3 Å². The molecule has 0 saturated carbocycles. The Balaban J connectivity index is 2.25. The lowest BCUT2D eigenvalue weighted by Crippen LogP contribution is -2.57. The molecule has 6 nitrogen and oxygen atoms in total. The van der Waals surface area contributed by atoms with Crippen molar-refractivity contribution in [1.82, 2.24) is 9.47 Å². The van der Waals surface area contributed by atoms with Crippen LogP contribution in [0.5, 0.6) is 0 Å². The van der Waals surface area contributed by atoms with Gasteiger partial charge in [-0.05, 0) is 25.2 Å². The second kappa shape index (κ2) is 5.63. The summed E-state index contributed by atoms with van der Waals surface area (Å²) in [6, 6.07) is -0.839. The molecule has 0 aromatic carbocycles. The summed E-state index contributed by atoms with van der Waals surface area (Å²) in [5, 5.41) is 11.2. The molecule has 2 heterocycles. The van der Waals surface area contributed by atoms with Crippen LogP contribution in [0.1, 0.15) is 32.4 Å². The van der Waals surface area contributed by atoms with E-state index >= 15 is 0 Å². The van der Waals surface area contributed by atoms with Crippen LogP contribution in [-0.2, 0) is 16.1 Å². The van der Waals surface area contributed by atoms with Crippen molar-refractivity contribution in [3.63, 3.8) is 0 Å². The molecule has 1 fully saturated rings. The topological polar surface area (TPSA) is 79.6 Å². The zero-order valence-corrected chi connectivity index (χ0v) is 13.3. The largest absolute Gasteiger partial charge is 0.480 e. The summed E-state index contributed by atoms with van der Waals surface area (Å²) in [7, 11) is 0. The average molecular weight is 312 g/mol. The van der Waals surface area contributed by atoms with E-state index < -0.39 is 17.4 Å². The highest BCUT2D eigenvalue weighted by Crippen LogP contribution is 2.35. The summed E-state index contributed by atoms with van der Waals surface area (Å²) in [5.41, 5.74) is 0.260. The average Bonchev–Trinajstić information content (AvgIpc) is 2.68. The fourth-order valence-corrected chi connectivity index (χ4v) is 3.69. The molecule has 1 saturated heterocycles. The van der Waals surface area contributed by atoms with Gasteiger partial charge in [-0.3, -0.25) is 14.2 Å². The quantitative estimate of drug-likeness (QED) is 0.913. The first-order chi connectivity index (χ1) is 9.74. The SMILES string of the molecule is Cc1csc(=O)n1CC(=O)N1CCCC(C)(C)C1C(=O)O. The van der Waals surface area contributed by atoms with Crippen LogP contribution in [0.3, 0.4) is 0 Å². The maximum Gasteiger partial charge on any atom is 0.326 e. The summed E-state index contributed by atoms with van der Waals surface area (Å²) < 4.78 is 1.40. The molecule has 1 aromatic rings. The van der Waals surface area contributed by atoms with Gasteiger partial charge in [0.2, 0.25) is 5.91 Å². The molecule has 7 heteroatoms. The first-order valence-corrected chi connectivity index (χ1v) is 7.79. The van der Waals surface area contributed by atoms with Crippen LogP contribution < -0.4 is 4.87 Å². The fraction of sp³-hybridized carbons (Fsp3) is 0.643. The number of hydrogen-bond donors (Lipinski definition) is 1. The number of hydrogen-bond acceptors (Lipinski definition) is 4. The fourth-order valence-electron chi connectivity index (χ4n) is 2.95. The molecule has 0 radical (unpaired) electrons. The number of aromatic nitrogens is 1. The third-order valence-electron chi connectivity index (χ3n) is 4.10. The predicted molar refractivity (Wildman–Crippen MR) is 79.5 cm³/mol. The van der Waals surface area contributed by atoms with Crippen molar-refractivity contribution in [2.75, 3.05) is 6.54 Å². The molecule has 1 aliphatic rings. The smallest absolute Gasteiger partial charge is 0.326 e. The summed E-state index contributed by atoms with van der Waals surface area (Å²) in [6.45, 7) is 5.84. The highest BCUT2D eigenvalue weighted by Gasteiger charge is 2.44. The molecule has 1 aliphatic heterocycles. The van der Waals surface area contributed by atoms with Gasteiger partial charge in [-0.25, -0.2) is 4.79 Å². The van der Waals surface area contributed by atoms with Gasteiger partial charge in [-0.1, -0.05) is 25.2 Å². The van der Waals surface area contributed by atoms with Gasteiger partial charge in [-0.2, -0.15) is 0 Å². The maximum atomic E-state index is 12.5. The number of piperidine rings is 1. The second-order valence-corrected chi connectivity index (χ2v) is 6.97. The molecule has 1 atom stereocenters. The maximum absolute atomic E-state index is 12.5. The highest BCUT2D eigenvalue weighted by molar-refractivity contribution is 7.07. The second-order valence-electron chi connectivity index (χ2n) is 6.15. The Kier molecular flexibility index (Phi) is 4.22. The standard InChI is InChI=1S/C14H20N2O4S/c1-9-8-21-13(20)16(9)7-10(17)15-6-4-5-14(2,3)11(15)12(18)19/h8,11H,4-7H2,1-3H3,(H,18,19). The van der Waals surface area contributed by atoms with Gasteiger partial charge in [0.05, 0.1) is 0 Å². The Morgan fingerprint density at radius 3 is 2.67 bits per heavy atom. The zero-order valence-electron chi connectivity index (χ0n) is 12.5. The third-order valence-corrected chi connectivity index (χ3v) is 4.98. The van der Waals surface area contributed by atoms with E-state index in [1.54, 1.807) is 12.3 Å². The van der Waals surface area contributed by atoms with Crippen LogP contribution in [0.15, 0.2) is 10.2 Å². The van der Waals surface area contributed by atoms with E-state index in [1.807, 2.05) is 13.8 Å². The van der Waals surface area contributed by atoms with E-state index in [1.165, 1.54) is 9.47 Å². The summed E-state index contributed by atoms with van der Waals surface area (Å²) >= 11 is 1.05. The molecule has 0 spiro atoms. The number of aliphatic carboxylic acids is 1. The number of likely N-dealkylation sites (tertiary alicyclic amines) is 1. The van der Waals surface area contributed by atoms with Crippen LogP contribution in [0.25, 0.3) is 0 Å². The number of carboxylic acids is 1. The van der Waals surface area contributed by atoms with E-state index in [0.29, 0.717) is 6.54 Å². The number of nitrogens with zero attached hydrogens (tertiary/aromatic N) is 2. The van der Waals surface area contributed by atoms with E-state index in [9.17, 15) is 19.5 Å². The molecular weight excluding hydrogens is 292 g/mol. The number of carboxylic acid groups (broad SMARTS) is 1. The van der Waals surface area contributed by atoms with Crippen molar-refractivity contribution >= 4 is 23.2 Å². The zero-order chi connectivity index (χ0) is 15.8. The van der Waals surface area contributed by atoms with Gasteiger partial charge in [0.15, 0.2) is 0 Å². The van der Waals surface area contributed by atoms with E-state index in [-0.39, 0.29) is 17.3 Å². The Labute approximate surface area is 127 Å². The minimum Gasteiger partial charge on any atom is -0.480 e. The lowest BCUT2D eigenvalue weighted by Gasteiger charge is -2.44. The summed E-state index contributed by atoms with van der Waals surface area (Å²) in [5.74, 6) is -1.29. The van der Waals surface area contributed by atoms with Crippen molar-refractivity contribution < 1.29 is 14.7 Å². The van der Waals surface area contributed by atoms with Crippen molar-refractivity contribution in [2.45, 2.75) is 46.2 Å². The monoisotopic (exact) mass is 312 g/mol. The van der Waals surface area contributed by atoms with E-state index in [2.05, 4.69) is 0 Å². The minimum atomic E-state index is -0.984. The Morgan fingerprint density at radius 1 is 1.48 bits per heavy atom.